The van der Waals surface area contributed by atoms with Crippen molar-refractivity contribution >= 4 is 33.2 Å². The third-order valence-electron chi connectivity index (χ3n) is 4.86. The molecule has 6 nitrogen and oxygen atoms in total. The van der Waals surface area contributed by atoms with Crippen LogP contribution in [0.3, 0.4) is 0 Å². The zero-order valence-corrected chi connectivity index (χ0v) is 17.5. The molecule has 4 rings (SSSR count). The number of rotatable bonds is 5. The first-order valence-electron chi connectivity index (χ1n) is 9.23. The predicted molar refractivity (Wildman–Crippen MR) is 116 cm³/mol. The van der Waals surface area contributed by atoms with E-state index in [2.05, 4.69) is 5.32 Å². The lowest BCUT2D eigenvalue weighted by Crippen LogP contribution is -2.46. The molecule has 29 heavy (non-hydrogen) atoms. The second-order valence-electron chi connectivity index (χ2n) is 7.42. The Bertz CT molecular complexity index is 1150. The van der Waals surface area contributed by atoms with E-state index in [9.17, 15) is 13.2 Å². The van der Waals surface area contributed by atoms with Crippen molar-refractivity contribution in [2.24, 2.45) is 0 Å². The van der Waals surface area contributed by atoms with Gasteiger partial charge in [-0.25, -0.2) is 13.1 Å². The Balaban J connectivity index is 1.59. The molecule has 1 aliphatic rings. The fourth-order valence-electron chi connectivity index (χ4n) is 3.44. The van der Waals surface area contributed by atoms with Crippen molar-refractivity contribution in [1.29, 1.82) is 0 Å². The zero-order chi connectivity index (χ0) is 20.5. The minimum atomic E-state index is -3.08. The number of para-hydroxylation sites is 1. The van der Waals surface area contributed by atoms with Crippen molar-refractivity contribution in [3.8, 4) is 16.3 Å². The van der Waals surface area contributed by atoms with E-state index in [0.29, 0.717) is 6.42 Å². The van der Waals surface area contributed by atoms with Crippen LogP contribution in [-0.4, -0.2) is 41.2 Å². The first kappa shape index (κ1) is 19.6. The summed E-state index contributed by atoms with van der Waals surface area (Å²) in [5.74, 6) is -0.222. The summed E-state index contributed by atoms with van der Waals surface area (Å²) in [5, 5.41) is 9.53. The molecule has 1 aliphatic heterocycles. The second-order valence-corrected chi connectivity index (χ2v) is 10.5. The maximum atomic E-state index is 12.4. The van der Waals surface area contributed by atoms with Crippen molar-refractivity contribution in [1.82, 2.24) is 15.1 Å². The number of thiophene rings is 1. The molecule has 8 heteroatoms. The van der Waals surface area contributed by atoms with E-state index in [4.69, 9.17) is 5.10 Å². The fourth-order valence-corrected chi connectivity index (χ4v) is 6.26. The van der Waals surface area contributed by atoms with Crippen LogP contribution in [0.2, 0.25) is 0 Å². The lowest BCUT2D eigenvalue weighted by molar-refractivity contribution is -0.117. The minimum absolute atomic E-state index is 0.0219. The van der Waals surface area contributed by atoms with Crippen molar-refractivity contribution in [2.45, 2.75) is 18.9 Å². The largest absolute Gasteiger partial charge is 0.346 e. The quantitative estimate of drug-likeness (QED) is 0.634. The van der Waals surface area contributed by atoms with Gasteiger partial charge in [0.05, 0.1) is 27.6 Å². The average Bonchev–Trinajstić information content (AvgIpc) is 3.39. The molecule has 3 heterocycles. The SMILES string of the molecule is CC1(NC(=O)/C=C/c2cn(-c3ccccc3)nc2-c2cccs2)CCS(=O)(=O)C1. The summed E-state index contributed by atoms with van der Waals surface area (Å²) >= 11 is 1.58. The molecule has 0 spiro atoms. The monoisotopic (exact) mass is 427 g/mol. The molecule has 2 aromatic heterocycles. The molecule has 1 aromatic carbocycles. The number of nitrogens with one attached hydrogen (secondary N) is 1. The van der Waals surface area contributed by atoms with Crippen LogP contribution in [0.1, 0.15) is 18.9 Å². The van der Waals surface area contributed by atoms with E-state index < -0.39 is 15.4 Å². The lowest BCUT2D eigenvalue weighted by atomic mass is 10.0. The predicted octanol–water partition coefficient (Wildman–Crippen LogP) is 3.31. The summed E-state index contributed by atoms with van der Waals surface area (Å²) in [7, 11) is -3.08. The van der Waals surface area contributed by atoms with Gasteiger partial charge in [0.25, 0.3) is 0 Å². The first-order chi connectivity index (χ1) is 13.8. The van der Waals surface area contributed by atoms with Crippen molar-refractivity contribution in [3.63, 3.8) is 0 Å². The second kappa shape index (κ2) is 7.61. The van der Waals surface area contributed by atoms with Crippen molar-refractivity contribution in [3.05, 3.63) is 65.7 Å². The summed E-state index contributed by atoms with van der Waals surface area (Å²) in [6.45, 7) is 1.77. The molecule has 150 valence electrons. The van der Waals surface area contributed by atoms with E-state index in [0.717, 1.165) is 21.8 Å². The Labute approximate surface area is 173 Å². The molecular weight excluding hydrogens is 406 g/mol. The highest BCUT2D eigenvalue weighted by molar-refractivity contribution is 7.91. The molecule has 0 radical (unpaired) electrons. The third-order valence-corrected chi connectivity index (χ3v) is 7.64. The summed E-state index contributed by atoms with van der Waals surface area (Å²) in [5.41, 5.74) is 1.82. The molecule has 0 saturated carbocycles. The van der Waals surface area contributed by atoms with Crippen LogP contribution < -0.4 is 5.32 Å². The zero-order valence-electron chi connectivity index (χ0n) is 15.9. The van der Waals surface area contributed by atoms with Crippen LogP contribution in [0.4, 0.5) is 0 Å². The molecule has 3 aromatic rings. The van der Waals surface area contributed by atoms with Crippen LogP contribution in [0, 0.1) is 0 Å². The smallest absolute Gasteiger partial charge is 0.244 e. The number of hydrogen-bond donors (Lipinski definition) is 1. The van der Waals surface area contributed by atoms with Crippen molar-refractivity contribution in [2.75, 3.05) is 11.5 Å². The van der Waals surface area contributed by atoms with Crippen LogP contribution in [0.25, 0.3) is 22.3 Å². The standard InChI is InChI=1S/C21H21N3O3S2/c1-21(11-13-29(26,27)15-21)22-19(25)10-9-16-14-24(17-6-3-2-4-7-17)23-20(16)18-8-5-12-28-18/h2-10,12,14H,11,13,15H2,1H3,(H,22,25)/b10-9+. The van der Waals surface area contributed by atoms with Gasteiger partial charge in [0.15, 0.2) is 9.84 Å². The number of amides is 1. The number of carbonyl (C=O) groups excluding carboxylic acids is 1. The molecule has 1 unspecified atom stereocenters. The number of carbonyl (C=O) groups is 1. The van der Waals surface area contributed by atoms with Gasteiger partial charge in [-0.2, -0.15) is 5.10 Å². The van der Waals surface area contributed by atoms with E-state index in [1.54, 1.807) is 29.0 Å². The Morgan fingerprint density at radius 1 is 1.24 bits per heavy atom. The molecular formula is C21H21N3O3S2. The minimum Gasteiger partial charge on any atom is -0.346 e. The highest BCUT2D eigenvalue weighted by Gasteiger charge is 2.39. The van der Waals surface area contributed by atoms with Gasteiger partial charge in [0, 0.05) is 17.8 Å². The normalized spacial score (nSPS) is 20.9. The number of hydrogen-bond acceptors (Lipinski definition) is 5. The van der Waals surface area contributed by atoms with Gasteiger partial charge in [-0.05, 0) is 43.0 Å². The maximum absolute atomic E-state index is 12.4. The number of aromatic nitrogens is 2. The summed E-state index contributed by atoms with van der Waals surface area (Å²) in [6.07, 6.45) is 5.49. The van der Waals surface area contributed by atoms with E-state index in [1.165, 1.54) is 6.08 Å². The highest BCUT2D eigenvalue weighted by atomic mass is 32.2. The van der Waals surface area contributed by atoms with Gasteiger partial charge < -0.3 is 5.32 Å². The molecule has 1 saturated heterocycles. The topological polar surface area (TPSA) is 81.1 Å². The maximum Gasteiger partial charge on any atom is 0.244 e. The lowest BCUT2D eigenvalue weighted by Gasteiger charge is -2.22. The molecule has 1 N–H and O–H groups in total. The summed E-state index contributed by atoms with van der Waals surface area (Å²) in [6, 6.07) is 13.7. The first-order valence-corrected chi connectivity index (χ1v) is 11.9. The Morgan fingerprint density at radius 2 is 2.03 bits per heavy atom. The molecule has 0 bridgehead atoms. The molecule has 1 fully saturated rings. The molecule has 1 amide bonds. The van der Waals surface area contributed by atoms with Gasteiger partial charge in [-0.15, -0.1) is 11.3 Å². The van der Waals surface area contributed by atoms with Crippen LogP contribution >= 0.6 is 11.3 Å². The average molecular weight is 428 g/mol. The third kappa shape index (κ3) is 4.49. The van der Waals surface area contributed by atoms with Gasteiger partial charge >= 0.3 is 0 Å². The van der Waals surface area contributed by atoms with E-state index >= 15 is 0 Å². The number of sulfone groups is 1. The Hall–Kier alpha value is -2.71. The van der Waals surface area contributed by atoms with Crippen molar-refractivity contribution < 1.29 is 13.2 Å². The summed E-state index contributed by atoms with van der Waals surface area (Å²) in [4.78, 5) is 13.5. The van der Waals surface area contributed by atoms with Gasteiger partial charge in [-0.1, -0.05) is 24.3 Å². The highest BCUT2D eigenvalue weighted by Crippen LogP contribution is 2.29. The van der Waals surface area contributed by atoms with Crippen LogP contribution in [-0.2, 0) is 14.6 Å². The fraction of sp³-hybridized carbons (Fsp3) is 0.238. The van der Waals surface area contributed by atoms with Gasteiger partial charge in [0.1, 0.15) is 5.69 Å². The molecule has 1 atom stereocenters. The van der Waals surface area contributed by atoms with Gasteiger partial charge in [0.2, 0.25) is 5.91 Å². The van der Waals surface area contributed by atoms with Gasteiger partial charge in [-0.3, -0.25) is 4.79 Å². The van der Waals surface area contributed by atoms with E-state index in [1.807, 2.05) is 54.0 Å². The Morgan fingerprint density at radius 3 is 2.69 bits per heavy atom. The Kier molecular flexibility index (Phi) is 5.14. The van der Waals surface area contributed by atoms with Crippen LogP contribution in [0.15, 0.2) is 60.1 Å². The van der Waals surface area contributed by atoms with E-state index in [-0.39, 0.29) is 17.4 Å². The van der Waals surface area contributed by atoms with Crippen LogP contribution in [0.5, 0.6) is 0 Å². The number of benzene rings is 1. The summed E-state index contributed by atoms with van der Waals surface area (Å²) < 4.78 is 25.3. The molecule has 0 aliphatic carbocycles. The number of nitrogens with zero attached hydrogens (tertiary/aromatic N) is 2.